The van der Waals surface area contributed by atoms with Crippen LogP contribution >= 0.6 is 0 Å². The first-order valence-corrected chi connectivity index (χ1v) is 12.4. The number of hydrogen-bond donors (Lipinski definition) is 2. The van der Waals surface area contributed by atoms with E-state index >= 15 is 0 Å². The van der Waals surface area contributed by atoms with Crippen LogP contribution in [0.2, 0.25) is 0 Å². The van der Waals surface area contributed by atoms with Crippen molar-refractivity contribution in [3.05, 3.63) is 30.3 Å². The molecule has 30 heavy (non-hydrogen) atoms. The van der Waals surface area contributed by atoms with Gasteiger partial charge < -0.3 is 10.6 Å². The van der Waals surface area contributed by atoms with E-state index in [4.69, 9.17) is 0 Å². The van der Waals surface area contributed by atoms with Crippen LogP contribution in [0.15, 0.2) is 35.2 Å². The number of nitrogens with one attached hydrogen (secondary N) is 2. The third-order valence-corrected chi connectivity index (χ3v) is 8.23. The Morgan fingerprint density at radius 1 is 1.03 bits per heavy atom. The summed E-state index contributed by atoms with van der Waals surface area (Å²) in [6, 6.07) is 8.63. The highest BCUT2D eigenvalue weighted by molar-refractivity contribution is 7.89. The number of carbonyl (C=O) groups is 2. The fourth-order valence-electron chi connectivity index (χ4n) is 4.35. The molecule has 0 unspecified atom stereocenters. The summed E-state index contributed by atoms with van der Waals surface area (Å²) in [5.74, 6) is 0.187. The lowest BCUT2D eigenvalue weighted by molar-refractivity contribution is -0.126. The summed E-state index contributed by atoms with van der Waals surface area (Å²) in [5, 5.41) is 5.95. The van der Waals surface area contributed by atoms with Crippen LogP contribution in [-0.2, 0) is 19.6 Å². The third-order valence-electron chi connectivity index (χ3n) is 6.31. The van der Waals surface area contributed by atoms with Gasteiger partial charge in [0.25, 0.3) is 0 Å². The highest BCUT2D eigenvalue weighted by Crippen LogP contribution is 2.24. The minimum Gasteiger partial charge on any atom is -0.355 e. The fourth-order valence-corrected chi connectivity index (χ4v) is 5.84. The Labute approximate surface area is 179 Å². The molecule has 2 amide bonds. The van der Waals surface area contributed by atoms with Crippen LogP contribution in [0.3, 0.4) is 0 Å². The molecular formula is C22H33N3O4S. The maximum Gasteiger partial charge on any atom is 0.243 e. The zero-order valence-corrected chi connectivity index (χ0v) is 18.5. The smallest absolute Gasteiger partial charge is 0.243 e. The van der Waals surface area contributed by atoms with Gasteiger partial charge in [-0.2, -0.15) is 4.31 Å². The molecule has 2 atom stereocenters. The first kappa shape index (κ1) is 22.7. The molecule has 1 saturated carbocycles. The van der Waals surface area contributed by atoms with Gasteiger partial charge >= 0.3 is 0 Å². The second-order valence-corrected chi connectivity index (χ2v) is 10.4. The first-order valence-electron chi connectivity index (χ1n) is 11.0. The number of amides is 2. The van der Waals surface area contributed by atoms with Gasteiger partial charge in [-0.15, -0.1) is 0 Å². The van der Waals surface area contributed by atoms with Crippen molar-refractivity contribution in [2.45, 2.75) is 62.8 Å². The Hall–Kier alpha value is -1.93. The largest absolute Gasteiger partial charge is 0.355 e. The number of rotatable bonds is 7. The van der Waals surface area contributed by atoms with Gasteiger partial charge in [-0.3, -0.25) is 9.59 Å². The summed E-state index contributed by atoms with van der Waals surface area (Å²) < 4.78 is 26.8. The van der Waals surface area contributed by atoms with Crippen molar-refractivity contribution in [2.75, 3.05) is 19.6 Å². The second-order valence-electron chi connectivity index (χ2n) is 8.47. The first-order chi connectivity index (χ1) is 14.4. The predicted molar refractivity (Wildman–Crippen MR) is 115 cm³/mol. The molecule has 0 spiro atoms. The molecule has 2 N–H and O–H groups in total. The van der Waals surface area contributed by atoms with Gasteiger partial charge in [-0.1, -0.05) is 38.0 Å². The molecule has 7 nitrogen and oxygen atoms in total. The van der Waals surface area contributed by atoms with Crippen LogP contribution in [0.25, 0.3) is 0 Å². The predicted octanol–water partition coefficient (Wildman–Crippen LogP) is 2.29. The monoisotopic (exact) mass is 435 g/mol. The molecule has 1 heterocycles. The van der Waals surface area contributed by atoms with Crippen molar-refractivity contribution < 1.29 is 18.0 Å². The van der Waals surface area contributed by atoms with Crippen LogP contribution in [0.4, 0.5) is 0 Å². The Balaban J connectivity index is 1.39. The van der Waals surface area contributed by atoms with Gasteiger partial charge in [0.05, 0.1) is 4.90 Å². The lowest BCUT2D eigenvalue weighted by Gasteiger charge is -2.30. The van der Waals surface area contributed by atoms with Crippen LogP contribution in [0.5, 0.6) is 0 Å². The van der Waals surface area contributed by atoms with Crippen LogP contribution in [-0.4, -0.2) is 50.2 Å². The standard InChI is InChI=1S/C22H33N3O4S/c1-17-7-5-6-10-20(17)24-21(26)11-14-23-22(27)18-12-15-25(16-13-18)30(28,29)19-8-3-2-4-9-19/h2-4,8-9,17-18,20H,5-7,10-16H2,1H3,(H,23,27)(H,24,26)/t17-,20+/m1/s1. The normalized spacial score (nSPS) is 23.6. The molecule has 8 heteroatoms. The SMILES string of the molecule is C[C@@H]1CCCC[C@@H]1NC(=O)CCNC(=O)C1CCN(S(=O)(=O)c2ccccc2)CC1. The van der Waals surface area contributed by atoms with Crippen LogP contribution < -0.4 is 10.6 Å². The number of benzene rings is 1. The molecule has 0 aromatic heterocycles. The number of sulfonamides is 1. The highest BCUT2D eigenvalue weighted by Gasteiger charge is 2.32. The van der Waals surface area contributed by atoms with Crippen LogP contribution in [0, 0.1) is 11.8 Å². The van der Waals surface area contributed by atoms with E-state index in [0.29, 0.717) is 38.4 Å². The number of piperidine rings is 1. The van der Waals surface area contributed by atoms with E-state index in [1.807, 2.05) is 0 Å². The Kier molecular flexibility index (Phi) is 7.88. The van der Waals surface area contributed by atoms with Gasteiger partial charge in [0.1, 0.15) is 0 Å². The van der Waals surface area contributed by atoms with E-state index in [1.54, 1.807) is 30.3 Å². The zero-order valence-electron chi connectivity index (χ0n) is 17.7. The lowest BCUT2D eigenvalue weighted by Crippen LogP contribution is -2.44. The number of hydrogen-bond acceptors (Lipinski definition) is 4. The molecule has 1 aromatic rings. The average molecular weight is 436 g/mol. The number of carbonyl (C=O) groups excluding carboxylic acids is 2. The topological polar surface area (TPSA) is 95.6 Å². The quantitative estimate of drug-likeness (QED) is 0.687. The van der Waals surface area contributed by atoms with Crippen molar-refractivity contribution in [3.8, 4) is 0 Å². The summed E-state index contributed by atoms with van der Waals surface area (Å²) in [5.41, 5.74) is 0. The molecular weight excluding hydrogens is 402 g/mol. The van der Waals surface area contributed by atoms with Gasteiger partial charge in [-0.05, 0) is 43.7 Å². The summed E-state index contributed by atoms with van der Waals surface area (Å²) in [6.45, 7) is 3.15. The highest BCUT2D eigenvalue weighted by atomic mass is 32.2. The van der Waals surface area contributed by atoms with Gasteiger partial charge in [0, 0.05) is 38.0 Å². The fraction of sp³-hybridized carbons (Fsp3) is 0.636. The van der Waals surface area contributed by atoms with Crippen molar-refractivity contribution >= 4 is 21.8 Å². The van der Waals surface area contributed by atoms with E-state index < -0.39 is 10.0 Å². The molecule has 0 radical (unpaired) electrons. The minimum absolute atomic E-state index is 0.0159. The summed E-state index contributed by atoms with van der Waals surface area (Å²) >= 11 is 0. The van der Waals surface area contributed by atoms with Crippen molar-refractivity contribution in [3.63, 3.8) is 0 Å². The summed E-state index contributed by atoms with van der Waals surface area (Å²) in [7, 11) is -3.51. The molecule has 1 saturated heterocycles. The maximum absolute atomic E-state index is 12.7. The van der Waals surface area contributed by atoms with Crippen molar-refractivity contribution in [1.29, 1.82) is 0 Å². The van der Waals surface area contributed by atoms with E-state index in [1.165, 1.54) is 10.7 Å². The van der Waals surface area contributed by atoms with E-state index in [0.717, 1.165) is 19.3 Å². The second kappa shape index (κ2) is 10.4. The lowest BCUT2D eigenvalue weighted by atomic mass is 9.86. The molecule has 2 aliphatic rings. The number of nitrogens with zero attached hydrogens (tertiary/aromatic N) is 1. The van der Waals surface area contributed by atoms with Crippen molar-refractivity contribution in [1.82, 2.24) is 14.9 Å². The van der Waals surface area contributed by atoms with E-state index in [2.05, 4.69) is 17.6 Å². The molecule has 2 fully saturated rings. The Morgan fingerprint density at radius 3 is 2.37 bits per heavy atom. The maximum atomic E-state index is 12.7. The molecule has 1 aliphatic carbocycles. The Morgan fingerprint density at radius 2 is 1.70 bits per heavy atom. The molecule has 1 aromatic carbocycles. The van der Waals surface area contributed by atoms with Gasteiger partial charge in [0.2, 0.25) is 21.8 Å². The summed E-state index contributed by atoms with van der Waals surface area (Å²) in [6.07, 6.45) is 5.83. The minimum atomic E-state index is -3.51. The van der Waals surface area contributed by atoms with Crippen LogP contribution in [0.1, 0.15) is 51.9 Å². The summed E-state index contributed by atoms with van der Waals surface area (Å²) in [4.78, 5) is 24.9. The third kappa shape index (κ3) is 5.82. The Bertz CT molecular complexity index is 820. The zero-order chi connectivity index (χ0) is 21.6. The van der Waals surface area contributed by atoms with E-state index in [9.17, 15) is 18.0 Å². The molecule has 0 bridgehead atoms. The van der Waals surface area contributed by atoms with Gasteiger partial charge in [0.15, 0.2) is 0 Å². The molecule has 3 rings (SSSR count). The molecule has 166 valence electrons. The molecule has 1 aliphatic heterocycles. The van der Waals surface area contributed by atoms with Gasteiger partial charge in [-0.25, -0.2) is 8.42 Å². The van der Waals surface area contributed by atoms with Crippen molar-refractivity contribution in [2.24, 2.45) is 11.8 Å². The van der Waals surface area contributed by atoms with E-state index in [-0.39, 0.29) is 35.1 Å². The average Bonchev–Trinajstić information content (AvgIpc) is 2.76.